The van der Waals surface area contributed by atoms with Crippen molar-refractivity contribution >= 4 is 67.0 Å². The van der Waals surface area contributed by atoms with Gasteiger partial charge in [-0.2, -0.15) is 0 Å². The van der Waals surface area contributed by atoms with Gasteiger partial charge in [0.05, 0.1) is 23.1 Å². The third kappa shape index (κ3) is 1.87. The van der Waals surface area contributed by atoms with Crippen LogP contribution in [0.15, 0.2) is 48.5 Å². The SMILES string of the molecule is O=C1Cc2ccc3c4ccc5c6c(ccc(c7ccc(c2c37)C(=O)O1)c64)C(=O)OC5=O. The molecule has 31 heavy (non-hydrogen) atoms. The van der Waals surface area contributed by atoms with Gasteiger partial charge in [0.2, 0.25) is 0 Å². The molecule has 6 nitrogen and oxygen atoms in total. The third-order valence-electron chi connectivity index (χ3n) is 6.37. The summed E-state index contributed by atoms with van der Waals surface area (Å²) in [5.74, 6) is -2.55. The third-order valence-corrected chi connectivity index (χ3v) is 6.37. The van der Waals surface area contributed by atoms with Crippen LogP contribution >= 0.6 is 0 Å². The Kier molecular flexibility index (Phi) is 2.78. The first-order valence-electron chi connectivity index (χ1n) is 9.73. The van der Waals surface area contributed by atoms with E-state index in [0.717, 1.165) is 37.9 Å². The van der Waals surface area contributed by atoms with Gasteiger partial charge < -0.3 is 9.47 Å². The number of carbonyl (C=O) groups excluding carboxylic acids is 4. The maximum absolute atomic E-state index is 12.5. The van der Waals surface area contributed by atoms with Crippen molar-refractivity contribution in [2.45, 2.75) is 6.42 Å². The fraction of sp³-hybridized carbons (Fsp3) is 0.0400. The summed E-state index contributed by atoms with van der Waals surface area (Å²) < 4.78 is 9.84. The maximum Gasteiger partial charge on any atom is 0.346 e. The summed E-state index contributed by atoms with van der Waals surface area (Å²) in [5.41, 5.74) is 1.80. The Morgan fingerprint density at radius 1 is 0.484 bits per heavy atom. The van der Waals surface area contributed by atoms with Crippen LogP contribution < -0.4 is 0 Å². The van der Waals surface area contributed by atoms with Crippen molar-refractivity contribution in [2.75, 3.05) is 0 Å². The molecule has 146 valence electrons. The Labute approximate surface area is 173 Å². The predicted molar refractivity (Wildman–Crippen MR) is 112 cm³/mol. The van der Waals surface area contributed by atoms with E-state index in [4.69, 9.17) is 9.47 Å². The number of cyclic esters (lactones) is 4. The largest absolute Gasteiger partial charge is 0.389 e. The van der Waals surface area contributed by atoms with Crippen LogP contribution in [0.2, 0.25) is 0 Å². The Morgan fingerprint density at radius 3 is 1.52 bits per heavy atom. The summed E-state index contributed by atoms with van der Waals surface area (Å²) in [6.45, 7) is 0. The molecule has 7 rings (SSSR count). The number of carbonyl (C=O) groups is 4. The topological polar surface area (TPSA) is 86.7 Å². The first-order chi connectivity index (χ1) is 15.0. The molecule has 0 spiro atoms. The van der Waals surface area contributed by atoms with Gasteiger partial charge >= 0.3 is 23.9 Å². The van der Waals surface area contributed by atoms with E-state index in [0.29, 0.717) is 27.5 Å². The maximum atomic E-state index is 12.5. The molecule has 5 aromatic carbocycles. The molecular formula is C25H10O6. The average molecular weight is 406 g/mol. The second kappa shape index (κ2) is 5.23. The molecule has 0 saturated carbocycles. The summed E-state index contributed by atoms with van der Waals surface area (Å²) >= 11 is 0. The van der Waals surface area contributed by atoms with E-state index in [1.54, 1.807) is 18.2 Å². The van der Waals surface area contributed by atoms with Gasteiger partial charge in [0.15, 0.2) is 0 Å². The molecule has 0 aromatic heterocycles. The lowest BCUT2D eigenvalue weighted by Gasteiger charge is -2.21. The molecule has 0 unspecified atom stereocenters. The van der Waals surface area contributed by atoms with E-state index in [1.807, 2.05) is 30.3 Å². The van der Waals surface area contributed by atoms with Crippen molar-refractivity contribution in [2.24, 2.45) is 0 Å². The van der Waals surface area contributed by atoms with Gasteiger partial charge in [-0.1, -0.05) is 30.3 Å². The van der Waals surface area contributed by atoms with E-state index in [2.05, 4.69) is 0 Å². The highest BCUT2D eigenvalue weighted by Gasteiger charge is 2.31. The molecule has 0 fully saturated rings. The summed E-state index contributed by atoms with van der Waals surface area (Å²) in [6.07, 6.45) is 0.0134. The van der Waals surface area contributed by atoms with Crippen LogP contribution in [0.25, 0.3) is 43.1 Å². The van der Waals surface area contributed by atoms with Gasteiger partial charge in [0, 0.05) is 10.8 Å². The van der Waals surface area contributed by atoms with Gasteiger partial charge in [0.1, 0.15) is 0 Å². The Hall–Kier alpha value is -4.32. The summed E-state index contributed by atoms with van der Waals surface area (Å²) in [5, 5.41) is 6.43. The molecule has 0 N–H and O–H groups in total. The normalized spacial score (nSPS) is 15.7. The van der Waals surface area contributed by atoms with Crippen LogP contribution in [-0.2, 0) is 20.7 Å². The zero-order chi connectivity index (χ0) is 21.0. The summed E-state index contributed by atoms with van der Waals surface area (Å²) in [6, 6.07) is 14.3. The molecule has 0 aliphatic carbocycles. The van der Waals surface area contributed by atoms with Gasteiger partial charge in [-0.25, -0.2) is 14.4 Å². The van der Waals surface area contributed by atoms with Crippen molar-refractivity contribution in [1.29, 1.82) is 0 Å². The molecule has 0 radical (unpaired) electrons. The van der Waals surface area contributed by atoms with Crippen molar-refractivity contribution in [3.8, 4) is 0 Å². The number of ether oxygens (including phenoxy) is 2. The number of esters is 4. The van der Waals surface area contributed by atoms with Crippen molar-refractivity contribution in [3.63, 3.8) is 0 Å². The van der Waals surface area contributed by atoms with Crippen LogP contribution in [0.3, 0.4) is 0 Å². The van der Waals surface area contributed by atoms with E-state index in [-0.39, 0.29) is 6.42 Å². The van der Waals surface area contributed by atoms with Crippen LogP contribution in [0.1, 0.15) is 36.6 Å². The van der Waals surface area contributed by atoms with Gasteiger partial charge in [0.25, 0.3) is 0 Å². The molecule has 2 heterocycles. The number of hydrogen-bond donors (Lipinski definition) is 0. The standard InChI is InChI=1S/C25H10O6/c26-18-9-10-1-2-11-13-4-7-16-22-17(25(29)31-24(16)28)8-5-14(21(13)22)12-3-6-15(23(27)30-18)19(10)20(11)12/h1-8H,9H2. The lowest BCUT2D eigenvalue weighted by Crippen LogP contribution is -2.19. The Balaban J connectivity index is 1.79. The summed E-state index contributed by atoms with van der Waals surface area (Å²) in [7, 11) is 0. The van der Waals surface area contributed by atoms with Crippen LogP contribution in [0.4, 0.5) is 0 Å². The van der Waals surface area contributed by atoms with Crippen LogP contribution in [0, 0.1) is 0 Å². The number of rotatable bonds is 0. The second-order valence-corrected chi connectivity index (χ2v) is 7.87. The highest BCUT2D eigenvalue weighted by Crippen LogP contribution is 2.45. The zero-order valence-corrected chi connectivity index (χ0v) is 15.8. The first-order valence-corrected chi connectivity index (χ1v) is 9.73. The van der Waals surface area contributed by atoms with Gasteiger partial charge in [-0.05, 0) is 56.1 Å². The molecule has 2 aliphatic rings. The molecule has 0 atom stereocenters. The lowest BCUT2D eigenvalue weighted by atomic mass is 9.84. The van der Waals surface area contributed by atoms with E-state index in [1.165, 1.54) is 0 Å². The summed E-state index contributed by atoms with van der Waals surface area (Å²) in [4.78, 5) is 49.3. The minimum atomic E-state index is -0.657. The zero-order valence-electron chi connectivity index (χ0n) is 15.8. The average Bonchev–Trinajstić information content (AvgIpc) is 2.88. The Bertz CT molecular complexity index is 1660. The van der Waals surface area contributed by atoms with E-state index >= 15 is 0 Å². The fourth-order valence-electron chi connectivity index (χ4n) is 5.16. The minimum absolute atomic E-state index is 0.0134. The van der Waals surface area contributed by atoms with Gasteiger partial charge in [-0.3, -0.25) is 4.79 Å². The monoisotopic (exact) mass is 406 g/mol. The first kappa shape index (κ1) is 16.5. The van der Waals surface area contributed by atoms with E-state index in [9.17, 15) is 19.2 Å². The molecule has 0 amide bonds. The second-order valence-electron chi connectivity index (χ2n) is 7.87. The predicted octanol–water partition coefficient (Wildman–Crippen LogP) is 4.29. The molecule has 6 heteroatoms. The van der Waals surface area contributed by atoms with Crippen molar-refractivity contribution in [1.82, 2.24) is 0 Å². The number of benzene rings is 5. The van der Waals surface area contributed by atoms with Crippen molar-refractivity contribution < 1.29 is 28.7 Å². The minimum Gasteiger partial charge on any atom is -0.389 e. The molecule has 5 aromatic rings. The van der Waals surface area contributed by atoms with E-state index < -0.39 is 23.9 Å². The smallest absolute Gasteiger partial charge is 0.346 e. The quantitative estimate of drug-likeness (QED) is 0.165. The molecule has 0 bridgehead atoms. The highest BCUT2D eigenvalue weighted by atomic mass is 16.6. The fourth-order valence-corrected chi connectivity index (χ4v) is 5.16. The lowest BCUT2D eigenvalue weighted by molar-refractivity contribution is -0.137. The van der Waals surface area contributed by atoms with Crippen LogP contribution in [0.5, 0.6) is 0 Å². The van der Waals surface area contributed by atoms with Crippen LogP contribution in [-0.4, -0.2) is 23.9 Å². The molecular weight excluding hydrogens is 396 g/mol. The molecule has 0 saturated heterocycles. The number of fused-ring (bicyclic) bond motifs is 2. The van der Waals surface area contributed by atoms with Crippen molar-refractivity contribution in [3.05, 3.63) is 70.8 Å². The van der Waals surface area contributed by atoms with Gasteiger partial charge in [-0.15, -0.1) is 0 Å². The highest BCUT2D eigenvalue weighted by molar-refractivity contribution is 6.38. The number of hydrogen-bond acceptors (Lipinski definition) is 6. The Morgan fingerprint density at radius 2 is 0.935 bits per heavy atom. The molecule has 2 aliphatic heterocycles.